The van der Waals surface area contributed by atoms with Gasteiger partial charge in [-0.15, -0.1) is 0 Å². The maximum atomic E-state index is 12.4. The molecule has 0 bridgehead atoms. The maximum absolute atomic E-state index is 12.4. The molecule has 0 aromatic carbocycles. The molecule has 3 fully saturated rings. The largest absolute Gasteiger partial charge is 0.496 e. The Morgan fingerprint density at radius 2 is 1.52 bits per heavy atom. The number of anilines is 1. The number of carbonyl (C=O) groups is 1. The molecule has 0 aliphatic carbocycles. The monoisotopic (exact) mass is 457 g/mol. The van der Waals surface area contributed by atoms with Crippen LogP contribution in [0.3, 0.4) is 0 Å². The minimum atomic E-state index is -0.442. The Labute approximate surface area is 199 Å². The number of hydrogen-bond acceptors (Lipinski definition) is 6. The highest BCUT2D eigenvalue weighted by Crippen LogP contribution is 2.42. The molecule has 33 heavy (non-hydrogen) atoms. The summed E-state index contributed by atoms with van der Waals surface area (Å²) in [6.45, 7) is 17.6. The normalized spacial score (nSPS) is 24.3. The molecular weight excluding hydrogens is 417 g/mol. The van der Waals surface area contributed by atoms with Gasteiger partial charge in [0.2, 0.25) is 0 Å². The number of carbonyl (C=O) groups excluding carboxylic acids is 1. The van der Waals surface area contributed by atoms with Crippen molar-refractivity contribution in [3.63, 3.8) is 0 Å². The molecule has 8 heteroatoms. The molecule has 1 aromatic heterocycles. The van der Waals surface area contributed by atoms with Gasteiger partial charge in [-0.2, -0.15) is 0 Å². The van der Waals surface area contributed by atoms with E-state index in [1.807, 2.05) is 31.9 Å². The van der Waals surface area contributed by atoms with Crippen LogP contribution in [0.15, 0.2) is 18.3 Å². The topological polar surface area (TPSA) is 64.1 Å². The first kappa shape index (κ1) is 24.3. The van der Waals surface area contributed by atoms with Crippen molar-refractivity contribution < 1.29 is 18.8 Å². The van der Waals surface area contributed by atoms with E-state index in [2.05, 4.69) is 44.7 Å². The first-order valence-corrected chi connectivity index (χ1v) is 12.3. The van der Waals surface area contributed by atoms with Crippen molar-refractivity contribution >= 4 is 24.5 Å². The number of amides is 1. The van der Waals surface area contributed by atoms with Gasteiger partial charge >= 0.3 is 13.2 Å². The lowest BCUT2D eigenvalue weighted by Gasteiger charge is -2.47. The van der Waals surface area contributed by atoms with Gasteiger partial charge < -0.3 is 23.8 Å². The molecule has 4 heterocycles. The molecule has 3 saturated heterocycles. The Balaban J connectivity index is 1.30. The fraction of sp³-hybridized carbons (Fsp3) is 0.760. The third-order valence-corrected chi connectivity index (χ3v) is 7.92. The van der Waals surface area contributed by atoms with Crippen LogP contribution in [0, 0.1) is 5.41 Å². The number of hydrogen-bond donors (Lipinski definition) is 0. The first-order valence-electron chi connectivity index (χ1n) is 12.3. The Morgan fingerprint density at radius 3 is 2.00 bits per heavy atom. The highest BCUT2D eigenvalue weighted by Gasteiger charge is 2.51. The van der Waals surface area contributed by atoms with Gasteiger partial charge in [0.25, 0.3) is 0 Å². The van der Waals surface area contributed by atoms with Crippen molar-refractivity contribution in [3.05, 3.63) is 18.3 Å². The number of pyridine rings is 1. The molecule has 4 rings (SSSR count). The average molecular weight is 457 g/mol. The van der Waals surface area contributed by atoms with Crippen LogP contribution in [0.2, 0.25) is 0 Å². The van der Waals surface area contributed by atoms with E-state index in [1.54, 1.807) is 0 Å². The molecule has 1 amide bonds. The molecule has 0 radical (unpaired) electrons. The van der Waals surface area contributed by atoms with Gasteiger partial charge in [0.05, 0.1) is 11.2 Å². The van der Waals surface area contributed by atoms with E-state index >= 15 is 0 Å². The van der Waals surface area contributed by atoms with Gasteiger partial charge in [0, 0.05) is 37.8 Å². The molecule has 0 atom stereocenters. The zero-order valence-corrected chi connectivity index (χ0v) is 21.4. The van der Waals surface area contributed by atoms with Crippen molar-refractivity contribution in [2.24, 2.45) is 5.41 Å². The highest BCUT2D eigenvalue weighted by molar-refractivity contribution is 6.62. The summed E-state index contributed by atoms with van der Waals surface area (Å²) in [5.41, 5.74) is 0.147. The van der Waals surface area contributed by atoms with E-state index in [4.69, 9.17) is 19.0 Å². The van der Waals surface area contributed by atoms with Crippen molar-refractivity contribution in [3.8, 4) is 0 Å². The van der Waals surface area contributed by atoms with Crippen LogP contribution in [-0.4, -0.2) is 66.1 Å². The lowest BCUT2D eigenvalue weighted by Crippen LogP contribution is -2.49. The van der Waals surface area contributed by atoms with Gasteiger partial charge in [-0.1, -0.05) is 6.07 Å². The van der Waals surface area contributed by atoms with Crippen molar-refractivity contribution in [1.29, 1.82) is 0 Å². The van der Waals surface area contributed by atoms with Gasteiger partial charge in [-0.3, -0.25) is 0 Å². The second-order valence-corrected chi connectivity index (χ2v) is 12.0. The van der Waals surface area contributed by atoms with Crippen molar-refractivity contribution in [2.45, 2.75) is 91.0 Å². The quantitative estimate of drug-likeness (QED) is 0.626. The van der Waals surface area contributed by atoms with Crippen molar-refractivity contribution in [2.75, 3.05) is 31.1 Å². The maximum Gasteiger partial charge on any atom is 0.496 e. The lowest BCUT2D eigenvalue weighted by molar-refractivity contribution is 0.00578. The van der Waals surface area contributed by atoms with Gasteiger partial charge in [0.1, 0.15) is 11.4 Å². The summed E-state index contributed by atoms with van der Waals surface area (Å²) in [5, 5.41) is 0. The number of likely N-dealkylation sites (tertiary alicyclic amines) is 1. The molecule has 0 N–H and O–H groups in total. The molecule has 7 nitrogen and oxygen atoms in total. The molecule has 1 aromatic rings. The van der Waals surface area contributed by atoms with Crippen LogP contribution in [0.1, 0.15) is 74.1 Å². The number of aromatic nitrogens is 1. The number of piperidine rings is 2. The van der Waals surface area contributed by atoms with E-state index in [9.17, 15) is 4.79 Å². The summed E-state index contributed by atoms with van der Waals surface area (Å²) in [6, 6.07) is 4.16. The van der Waals surface area contributed by atoms with Crippen LogP contribution in [0.25, 0.3) is 0 Å². The second-order valence-electron chi connectivity index (χ2n) is 12.0. The predicted molar refractivity (Wildman–Crippen MR) is 131 cm³/mol. The van der Waals surface area contributed by atoms with Crippen LogP contribution >= 0.6 is 0 Å². The standard InChI is InChI=1S/C25H40BN3O4/c1-22(2,3)31-21(30)29-16-12-25(13-17-29)10-14-28(15-11-25)20-9-8-19(18-27-20)26-32-23(4,5)24(6,7)33-26/h8-9,18H,10-17H2,1-7H3. The second kappa shape index (κ2) is 8.45. The first-order chi connectivity index (χ1) is 15.3. The third-order valence-electron chi connectivity index (χ3n) is 7.92. The fourth-order valence-corrected chi connectivity index (χ4v) is 4.90. The zero-order valence-electron chi connectivity index (χ0n) is 21.4. The molecule has 3 aliphatic heterocycles. The summed E-state index contributed by atoms with van der Waals surface area (Å²) in [6.07, 6.45) is 6.08. The summed E-state index contributed by atoms with van der Waals surface area (Å²) in [5.74, 6) is 1.01. The fourth-order valence-electron chi connectivity index (χ4n) is 4.90. The Hall–Kier alpha value is -1.80. The smallest absolute Gasteiger partial charge is 0.444 e. The average Bonchev–Trinajstić information content (AvgIpc) is 2.95. The minimum Gasteiger partial charge on any atom is -0.444 e. The van der Waals surface area contributed by atoms with Gasteiger partial charge in [-0.05, 0) is 85.6 Å². The summed E-state index contributed by atoms with van der Waals surface area (Å²) < 4.78 is 17.8. The van der Waals surface area contributed by atoms with E-state index in [-0.39, 0.29) is 24.4 Å². The number of ether oxygens (including phenoxy) is 1. The van der Waals surface area contributed by atoms with E-state index in [0.717, 1.165) is 63.1 Å². The van der Waals surface area contributed by atoms with E-state index in [0.29, 0.717) is 5.41 Å². The summed E-state index contributed by atoms with van der Waals surface area (Å²) in [7, 11) is -0.378. The molecule has 0 unspecified atom stereocenters. The molecule has 1 spiro atoms. The molecule has 182 valence electrons. The predicted octanol–water partition coefficient (Wildman–Crippen LogP) is 4.00. The zero-order chi connectivity index (χ0) is 24.1. The SMILES string of the molecule is CC(C)(C)OC(=O)N1CCC2(CC1)CCN(c1ccc(B3OC(C)(C)C(C)(C)O3)cn1)CC2. The third kappa shape index (κ3) is 5.17. The van der Waals surface area contributed by atoms with E-state index in [1.165, 1.54) is 0 Å². The number of nitrogens with zero attached hydrogens (tertiary/aromatic N) is 3. The summed E-state index contributed by atoms with van der Waals surface area (Å²) >= 11 is 0. The minimum absolute atomic E-state index is 0.180. The van der Waals surface area contributed by atoms with Crippen molar-refractivity contribution in [1.82, 2.24) is 9.88 Å². The lowest BCUT2D eigenvalue weighted by atomic mass is 9.71. The Kier molecular flexibility index (Phi) is 6.23. The Bertz CT molecular complexity index is 831. The van der Waals surface area contributed by atoms with Crippen LogP contribution in [0.5, 0.6) is 0 Å². The highest BCUT2D eigenvalue weighted by atomic mass is 16.7. The number of rotatable bonds is 2. The van der Waals surface area contributed by atoms with Crippen LogP contribution in [0.4, 0.5) is 10.6 Å². The molecule has 0 saturated carbocycles. The molecular formula is C25H40BN3O4. The molecule has 3 aliphatic rings. The van der Waals surface area contributed by atoms with Crippen LogP contribution < -0.4 is 10.4 Å². The van der Waals surface area contributed by atoms with Crippen LogP contribution in [-0.2, 0) is 14.0 Å². The summed E-state index contributed by atoms with van der Waals surface area (Å²) in [4.78, 5) is 21.4. The Morgan fingerprint density at radius 1 is 0.970 bits per heavy atom. The van der Waals surface area contributed by atoms with Gasteiger partial charge in [-0.25, -0.2) is 9.78 Å². The van der Waals surface area contributed by atoms with E-state index < -0.39 is 5.60 Å². The van der Waals surface area contributed by atoms with Gasteiger partial charge in [0.15, 0.2) is 0 Å².